The first-order valence-corrected chi connectivity index (χ1v) is 9.18. The summed E-state index contributed by atoms with van der Waals surface area (Å²) >= 11 is 0. The lowest BCUT2D eigenvalue weighted by atomic mass is 10.1. The van der Waals surface area contributed by atoms with Crippen LogP contribution in [0.25, 0.3) is 0 Å². The van der Waals surface area contributed by atoms with Gasteiger partial charge in [0.05, 0.1) is 6.04 Å². The fourth-order valence-electron chi connectivity index (χ4n) is 3.45. The molecule has 0 bridgehead atoms. The lowest BCUT2D eigenvalue weighted by Crippen LogP contribution is -2.39. The number of hydrogen-bond donors (Lipinski definition) is 2. The monoisotopic (exact) mass is 369 g/mol. The number of nitrogens with one attached hydrogen (secondary N) is 1. The number of aryl methyl sites for hydroxylation is 1. The van der Waals surface area contributed by atoms with Crippen LogP contribution < -0.4 is 11.1 Å². The number of rotatable bonds is 7. The molecule has 142 valence electrons. The molecule has 1 saturated heterocycles. The Morgan fingerprint density at radius 3 is 2.67 bits per heavy atom. The van der Waals surface area contributed by atoms with Gasteiger partial charge in [-0.2, -0.15) is 0 Å². The summed E-state index contributed by atoms with van der Waals surface area (Å²) in [6.07, 6.45) is 2.65. The van der Waals surface area contributed by atoms with Gasteiger partial charge in [-0.3, -0.25) is 14.5 Å². The van der Waals surface area contributed by atoms with E-state index in [0.29, 0.717) is 19.4 Å². The van der Waals surface area contributed by atoms with Crippen molar-refractivity contribution < 1.29 is 14.0 Å². The highest BCUT2D eigenvalue weighted by Gasteiger charge is 2.28. The van der Waals surface area contributed by atoms with Crippen LogP contribution in [0.4, 0.5) is 10.1 Å². The number of primary amides is 1. The summed E-state index contributed by atoms with van der Waals surface area (Å²) < 4.78 is 12.9. The molecule has 1 aliphatic heterocycles. The predicted molar refractivity (Wildman–Crippen MR) is 102 cm³/mol. The van der Waals surface area contributed by atoms with Gasteiger partial charge in [-0.05, 0) is 61.2 Å². The average molecular weight is 369 g/mol. The van der Waals surface area contributed by atoms with Crippen molar-refractivity contribution in [1.82, 2.24) is 4.90 Å². The second kappa shape index (κ2) is 8.77. The third-order valence-electron chi connectivity index (χ3n) is 4.84. The van der Waals surface area contributed by atoms with Crippen LogP contribution >= 0.6 is 0 Å². The van der Waals surface area contributed by atoms with E-state index in [4.69, 9.17) is 5.73 Å². The van der Waals surface area contributed by atoms with Crippen LogP contribution in [0, 0.1) is 5.82 Å². The highest BCUT2D eigenvalue weighted by molar-refractivity contribution is 5.90. The Bertz CT molecular complexity index is 807. The van der Waals surface area contributed by atoms with Crippen LogP contribution in [0.5, 0.6) is 0 Å². The van der Waals surface area contributed by atoms with Gasteiger partial charge in [0.2, 0.25) is 11.8 Å². The van der Waals surface area contributed by atoms with E-state index < -0.39 is 0 Å². The minimum atomic E-state index is -0.281. The normalized spacial score (nSPS) is 17.0. The molecule has 6 heteroatoms. The Morgan fingerprint density at radius 1 is 1.15 bits per heavy atom. The minimum absolute atomic E-state index is 0.0901. The van der Waals surface area contributed by atoms with Crippen LogP contribution in [-0.2, 0) is 22.6 Å². The van der Waals surface area contributed by atoms with E-state index in [1.165, 1.54) is 12.1 Å². The fraction of sp³-hybridized carbons (Fsp3) is 0.333. The van der Waals surface area contributed by atoms with Crippen molar-refractivity contribution in [3.8, 4) is 0 Å². The standard InChI is InChI=1S/C21H24FN3O2/c22-17-9-6-15(7-10-17)8-11-20(26)24-18-4-1-3-16(13-18)14-25-12-2-5-19(25)21(23)27/h1,3-4,6-7,9-10,13,19H,2,5,8,11-12,14H2,(H2,23,27)(H,24,26). The predicted octanol–water partition coefficient (Wildman–Crippen LogP) is 2.85. The zero-order valence-electron chi connectivity index (χ0n) is 15.2. The van der Waals surface area contributed by atoms with E-state index in [-0.39, 0.29) is 23.7 Å². The molecule has 5 nitrogen and oxygen atoms in total. The molecule has 1 heterocycles. The van der Waals surface area contributed by atoms with E-state index in [0.717, 1.165) is 36.2 Å². The summed E-state index contributed by atoms with van der Waals surface area (Å²) in [5, 5.41) is 2.90. The second-order valence-electron chi connectivity index (χ2n) is 6.91. The number of likely N-dealkylation sites (tertiary alicyclic amines) is 1. The van der Waals surface area contributed by atoms with Crippen molar-refractivity contribution in [2.75, 3.05) is 11.9 Å². The molecule has 1 fully saturated rings. The lowest BCUT2D eigenvalue weighted by molar-refractivity contribution is -0.122. The Hall–Kier alpha value is -2.73. The molecule has 3 rings (SSSR count). The summed E-state index contributed by atoms with van der Waals surface area (Å²) in [4.78, 5) is 25.8. The van der Waals surface area contributed by atoms with E-state index in [9.17, 15) is 14.0 Å². The second-order valence-corrected chi connectivity index (χ2v) is 6.91. The maximum Gasteiger partial charge on any atom is 0.234 e. The number of amides is 2. The van der Waals surface area contributed by atoms with Crippen LogP contribution in [0.15, 0.2) is 48.5 Å². The molecule has 1 aliphatic rings. The maximum atomic E-state index is 12.9. The van der Waals surface area contributed by atoms with Gasteiger partial charge < -0.3 is 11.1 Å². The number of carbonyl (C=O) groups is 2. The van der Waals surface area contributed by atoms with Crippen LogP contribution in [0.1, 0.15) is 30.4 Å². The minimum Gasteiger partial charge on any atom is -0.368 e. The number of nitrogens with zero attached hydrogens (tertiary/aromatic N) is 1. The van der Waals surface area contributed by atoms with E-state index in [1.54, 1.807) is 12.1 Å². The van der Waals surface area contributed by atoms with Gasteiger partial charge in [-0.25, -0.2) is 4.39 Å². The SMILES string of the molecule is NC(=O)C1CCCN1Cc1cccc(NC(=O)CCc2ccc(F)cc2)c1. The van der Waals surface area contributed by atoms with Gasteiger partial charge in [-0.1, -0.05) is 24.3 Å². The number of benzene rings is 2. The molecular formula is C21H24FN3O2. The molecule has 0 saturated carbocycles. The molecule has 2 aromatic carbocycles. The van der Waals surface area contributed by atoms with E-state index in [2.05, 4.69) is 10.2 Å². The van der Waals surface area contributed by atoms with Gasteiger partial charge in [0, 0.05) is 18.7 Å². The summed E-state index contributed by atoms with van der Waals surface area (Å²) in [7, 11) is 0. The highest BCUT2D eigenvalue weighted by atomic mass is 19.1. The van der Waals surface area contributed by atoms with Gasteiger partial charge in [0.25, 0.3) is 0 Å². The molecule has 0 spiro atoms. The molecule has 3 N–H and O–H groups in total. The van der Waals surface area contributed by atoms with E-state index >= 15 is 0 Å². The van der Waals surface area contributed by atoms with Gasteiger partial charge in [0.15, 0.2) is 0 Å². The molecular weight excluding hydrogens is 345 g/mol. The molecule has 0 aromatic heterocycles. The van der Waals surface area contributed by atoms with Crippen molar-refractivity contribution in [2.45, 2.75) is 38.3 Å². The summed E-state index contributed by atoms with van der Waals surface area (Å²) in [5.41, 5.74) is 8.15. The largest absolute Gasteiger partial charge is 0.368 e. The van der Waals surface area contributed by atoms with Crippen molar-refractivity contribution in [3.63, 3.8) is 0 Å². The molecule has 1 atom stereocenters. The Labute approximate surface area is 158 Å². The van der Waals surface area contributed by atoms with Gasteiger partial charge in [-0.15, -0.1) is 0 Å². The van der Waals surface area contributed by atoms with Crippen molar-refractivity contribution >= 4 is 17.5 Å². The average Bonchev–Trinajstić information content (AvgIpc) is 3.10. The molecule has 2 amide bonds. The van der Waals surface area contributed by atoms with Crippen molar-refractivity contribution in [2.24, 2.45) is 5.73 Å². The molecule has 2 aromatic rings. The third kappa shape index (κ3) is 5.37. The molecule has 1 unspecified atom stereocenters. The lowest BCUT2D eigenvalue weighted by Gasteiger charge is -2.22. The van der Waals surface area contributed by atoms with Crippen LogP contribution in [-0.4, -0.2) is 29.3 Å². The molecule has 0 radical (unpaired) electrons. The number of halogens is 1. The summed E-state index contributed by atoms with van der Waals surface area (Å²) in [6.45, 7) is 1.48. The van der Waals surface area contributed by atoms with Gasteiger partial charge >= 0.3 is 0 Å². The van der Waals surface area contributed by atoms with Crippen molar-refractivity contribution in [1.29, 1.82) is 0 Å². The zero-order valence-corrected chi connectivity index (χ0v) is 15.2. The molecule has 0 aliphatic carbocycles. The first kappa shape index (κ1) is 19.0. The van der Waals surface area contributed by atoms with Crippen LogP contribution in [0.3, 0.4) is 0 Å². The van der Waals surface area contributed by atoms with Crippen LogP contribution in [0.2, 0.25) is 0 Å². The number of anilines is 1. The Kier molecular flexibility index (Phi) is 6.19. The fourth-order valence-corrected chi connectivity index (χ4v) is 3.45. The van der Waals surface area contributed by atoms with Gasteiger partial charge in [0.1, 0.15) is 5.82 Å². The smallest absolute Gasteiger partial charge is 0.234 e. The van der Waals surface area contributed by atoms with Crippen molar-refractivity contribution in [3.05, 3.63) is 65.5 Å². The van der Waals surface area contributed by atoms with E-state index in [1.807, 2.05) is 24.3 Å². The number of nitrogens with two attached hydrogens (primary N) is 1. The first-order valence-electron chi connectivity index (χ1n) is 9.18. The number of carbonyl (C=O) groups excluding carboxylic acids is 2. The molecule has 27 heavy (non-hydrogen) atoms. The first-order chi connectivity index (χ1) is 13.0. The zero-order chi connectivity index (χ0) is 19.2. The Morgan fingerprint density at radius 2 is 1.93 bits per heavy atom. The number of hydrogen-bond acceptors (Lipinski definition) is 3. The maximum absolute atomic E-state index is 12.9. The summed E-state index contributed by atoms with van der Waals surface area (Å²) in [5.74, 6) is -0.651. The summed E-state index contributed by atoms with van der Waals surface area (Å²) in [6, 6.07) is 13.6. The quantitative estimate of drug-likeness (QED) is 0.788. The highest BCUT2D eigenvalue weighted by Crippen LogP contribution is 2.21. The third-order valence-corrected chi connectivity index (χ3v) is 4.84. The Balaban J connectivity index is 1.54. The topological polar surface area (TPSA) is 75.4 Å².